The predicted octanol–water partition coefficient (Wildman–Crippen LogP) is 15.5. The molecule has 0 fully saturated rings. The summed E-state index contributed by atoms with van der Waals surface area (Å²) in [5.74, 6) is 0. The minimum atomic E-state index is -0.514. The number of benzene rings is 10. The maximum Gasteiger partial charge on any atom is 0.0725 e. The summed E-state index contributed by atoms with van der Waals surface area (Å²) < 4.78 is 0. The van der Waals surface area contributed by atoms with E-state index in [0.717, 1.165) is 17.1 Å². The van der Waals surface area contributed by atoms with E-state index in [1.54, 1.807) is 0 Å². The zero-order valence-corrected chi connectivity index (χ0v) is 34.6. The lowest BCUT2D eigenvalue weighted by Crippen LogP contribution is -2.28. The molecule has 1 spiro atoms. The molecule has 0 atom stereocenters. The van der Waals surface area contributed by atoms with Gasteiger partial charge < -0.3 is 4.90 Å². The van der Waals surface area contributed by atoms with E-state index in [1.807, 2.05) is 0 Å². The van der Waals surface area contributed by atoms with Crippen molar-refractivity contribution < 1.29 is 0 Å². The highest BCUT2D eigenvalue weighted by molar-refractivity contribution is 6.00. The molecule has 0 N–H and O–H groups in total. The summed E-state index contributed by atoms with van der Waals surface area (Å²) in [6.45, 7) is 0. The quantitative estimate of drug-likeness (QED) is 0.162. The minimum absolute atomic E-state index is 0.405. The Morgan fingerprint density at radius 1 is 0.254 bits per heavy atom. The summed E-state index contributed by atoms with van der Waals surface area (Å²) >= 11 is 0. The summed E-state index contributed by atoms with van der Waals surface area (Å²) in [4.78, 5) is 2.51. The number of anilines is 3. The monoisotopic (exact) mass is 799 g/mol. The van der Waals surface area contributed by atoms with Gasteiger partial charge in [-0.3, -0.25) is 0 Å². The number of rotatable bonds is 6. The highest BCUT2D eigenvalue weighted by Crippen LogP contribution is 2.64. The second-order valence-corrected chi connectivity index (χ2v) is 17.1. The fourth-order valence-corrected chi connectivity index (χ4v) is 11.7. The van der Waals surface area contributed by atoms with Crippen LogP contribution in [0.25, 0.3) is 44.5 Å². The van der Waals surface area contributed by atoms with Crippen molar-refractivity contribution >= 4 is 17.1 Å². The van der Waals surface area contributed by atoms with Crippen LogP contribution < -0.4 is 4.90 Å². The Kier molecular flexibility index (Phi) is 7.80. The number of fused-ring (bicyclic) bond motifs is 13. The predicted molar refractivity (Wildman–Crippen MR) is 260 cm³/mol. The third kappa shape index (κ3) is 4.88. The first kappa shape index (κ1) is 35.7. The van der Waals surface area contributed by atoms with Crippen LogP contribution in [-0.2, 0) is 10.8 Å². The Bertz CT molecular complexity index is 3300. The highest BCUT2D eigenvalue weighted by Gasteiger charge is 2.52. The van der Waals surface area contributed by atoms with Crippen LogP contribution >= 0.6 is 0 Å². The van der Waals surface area contributed by atoms with Crippen LogP contribution in [0.4, 0.5) is 17.1 Å². The lowest BCUT2D eigenvalue weighted by atomic mass is 9.68. The SMILES string of the molecule is c1ccc(-c2ccc(N(c3ccc4c(c3)-c3ccccc3C43c4ccccc4-c4ccccc43)c3cccc4c3-c3ccccc3C4(c3ccccc3)c3ccccc3)cc2)cc1. The molecule has 0 amide bonds. The molecule has 0 radical (unpaired) electrons. The molecular formula is C62H41N. The van der Waals surface area contributed by atoms with Gasteiger partial charge in [-0.05, 0) is 114 Å². The molecule has 63 heavy (non-hydrogen) atoms. The summed E-state index contributed by atoms with van der Waals surface area (Å²) in [6, 6.07) is 92.6. The van der Waals surface area contributed by atoms with Gasteiger partial charge in [0.05, 0.1) is 16.5 Å². The van der Waals surface area contributed by atoms with Crippen LogP contribution in [0.2, 0.25) is 0 Å². The van der Waals surface area contributed by atoms with Gasteiger partial charge in [-0.15, -0.1) is 0 Å². The Morgan fingerprint density at radius 3 is 1.24 bits per heavy atom. The number of hydrogen-bond donors (Lipinski definition) is 0. The van der Waals surface area contributed by atoms with Crippen molar-refractivity contribution in [3.05, 3.63) is 293 Å². The Labute approximate surface area is 368 Å². The van der Waals surface area contributed by atoms with Crippen molar-refractivity contribution in [2.75, 3.05) is 4.90 Å². The molecule has 0 heterocycles. The van der Waals surface area contributed by atoms with Crippen molar-refractivity contribution in [3.63, 3.8) is 0 Å². The van der Waals surface area contributed by atoms with E-state index in [0.29, 0.717) is 0 Å². The Hall–Kier alpha value is -8.00. The molecule has 1 nitrogen and oxygen atoms in total. The van der Waals surface area contributed by atoms with Crippen molar-refractivity contribution in [3.8, 4) is 44.5 Å². The van der Waals surface area contributed by atoms with Gasteiger partial charge in [0.2, 0.25) is 0 Å². The first-order valence-corrected chi connectivity index (χ1v) is 22.0. The second-order valence-electron chi connectivity index (χ2n) is 17.1. The zero-order valence-electron chi connectivity index (χ0n) is 34.6. The molecule has 1 heteroatoms. The van der Waals surface area contributed by atoms with Crippen LogP contribution in [0.3, 0.4) is 0 Å². The van der Waals surface area contributed by atoms with E-state index in [9.17, 15) is 0 Å². The smallest absolute Gasteiger partial charge is 0.0725 e. The lowest BCUT2D eigenvalue weighted by molar-refractivity contribution is 0.768. The van der Waals surface area contributed by atoms with Crippen LogP contribution in [-0.4, -0.2) is 0 Å². The van der Waals surface area contributed by atoms with Gasteiger partial charge in [-0.1, -0.05) is 218 Å². The van der Waals surface area contributed by atoms with Crippen molar-refractivity contribution in [2.24, 2.45) is 0 Å². The Morgan fingerprint density at radius 2 is 0.667 bits per heavy atom. The fourth-order valence-electron chi connectivity index (χ4n) is 11.7. The number of nitrogens with zero attached hydrogens (tertiary/aromatic N) is 1. The molecule has 0 saturated carbocycles. The maximum absolute atomic E-state index is 2.51. The van der Waals surface area contributed by atoms with Gasteiger partial charge in [-0.2, -0.15) is 0 Å². The molecule has 10 aromatic carbocycles. The molecule has 3 aliphatic carbocycles. The van der Waals surface area contributed by atoms with Gasteiger partial charge >= 0.3 is 0 Å². The standard InChI is InChI=1S/C62H41N/c1-4-19-42(20-5-1)43-35-37-46(38-36-43)63(59-34-18-33-58-60(59)51-28-13-17-32-56(51)61(58,44-21-6-2-7-22-44)45-23-8-3-9-24-45)47-39-40-57-52(41-47)50-27-12-16-31-55(50)62(57)53-29-14-10-25-48(53)49-26-11-15-30-54(49)62/h1-41H. The van der Waals surface area contributed by atoms with Crippen LogP contribution in [0.1, 0.15) is 44.5 Å². The van der Waals surface area contributed by atoms with Crippen molar-refractivity contribution in [1.29, 1.82) is 0 Å². The number of hydrogen-bond acceptors (Lipinski definition) is 1. The van der Waals surface area contributed by atoms with Crippen LogP contribution in [0.15, 0.2) is 249 Å². The first-order valence-electron chi connectivity index (χ1n) is 22.0. The third-order valence-electron chi connectivity index (χ3n) is 14.2. The molecule has 0 unspecified atom stereocenters. The van der Waals surface area contributed by atoms with Crippen LogP contribution in [0.5, 0.6) is 0 Å². The summed E-state index contributed by atoms with van der Waals surface area (Å²) in [7, 11) is 0. The normalized spacial score (nSPS) is 14.0. The van der Waals surface area contributed by atoms with E-state index < -0.39 is 10.8 Å². The topological polar surface area (TPSA) is 3.24 Å². The largest absolute Gasteiger partial charge is 0.310 e. The molecule has 3 aliphatic rings. The van der Waals surface area contributed by atoms with E-state index in [4.69, 9.17) is 0 Å². The molecule has 0 aromatic heterocycles. The van der Waals surface area contributed by atoms with Gasteiger partial charge in [-0.25, -0.2) is 0 Å². The zero-order chi connectivity index (χ0) is 41.5. The fraction of sp³-hybridized carbons (Fsp3) is 0.0323. The third-order valence-corrected chi connectivity index (χ3v) is 14.2. The van der Waals surface area contributed by atoms with E-state index in [1.165, 1.54) is 89.0 Å². The van der Waals surface area contributed by atoms with Crippen molar-refractivity contribution in [2.45, 2.75) is 10.8 Å². The lowest BCUT2D eigenvalue weighted by Gasteiger charge is -2.34. The summed E-state index contributed by atoms with van der Waals surface area (Å²) in [5.41, 5.74) is 23.1. The average Bonchev–Trinajstić information content (AvgIpc) is 3.96. The van der Waals surface area contributed by atoms with E-state index in [-0.39, 0.29) is 0 Å². The molecule has 0 saturated heterocycles. The van der Waals surface area contributed by atoms with E-state index in [2.05, 4.69) is 254 Å². The molecule has 0 aliphatic heterocycles. The average molecular weight is 800 g/mol. The second kappa shape index (κ2) is 13.8. The summed E-state index contributed by atoms with van der Waals surface area (Å²) in [5, 5.41) is 0. The van der Waals surface area contributed by atoms with Crippen molar-refractivity contribution in [1.82, 2.24) is 0 Å². The minimum Gasteiger partial charge on any atom is -0.310 e. The van der Waals surface area contributed by atoms with Gasteiger partial charge in [0.15, 0.2) is 0 Å². The van der Waals surface area contributed by atoms with Gasteiger partial charge in [0, 0.05) is 16.9 Å². The van der Waals surface area contributed by atoms with Crippen LogP contribution in [0, 0.1) is 0 Å². The molecule has 10 aromatic rings. The molecule has 13 rings (SSSR count). The van der Waals surface area contributed by atoms with Gasteiger partial charge in [0.1, 0.15) is 0 Å². The maximum atomic E-state index is 2.51. The van der Waals surface area contributed by atoms with E-state index >= 15 is 0 Å². The highest BCUT2D eigenvalue weighted by atomic mass is 15.1. The first-order chi connectivity index (χ1) is 31.3. The Balaban J connectivity index is 1.09. The summed E-state index contributed by atoms with van der Waals surface area (Å²) in [6.07, 6.45) is 0. The van der Waals surface area contributed by atoms with Gasteiger partial charge in [0.25, 0.3) is 0 Å². The molecular weight excluding hydrogens is 759 g/mol. The molecule has 0 bridgehead atoms. The molecule has 294 valence electrons.